The van der Waals surface area contributed by atoms with E-state index >= 15 is 0 Å². The first-order chi connectivity index (χ1) is 8.93. The summed E-state index contributed by atoms with van der Waals surface area (Å²) in [7, 11) is 0. The number of H-pyrrole nitrogens is 2. The lowest BCUT2D eigenvalue weighted by Gasteiger charge is -1.82. The van der Waals surface area contributed by atoms with Crippen LogP contribution in [0.3, 0.4) is 0 Å². The van der Waals surface area contributed by atoms with E-state index in [0.717, 1.165) is 22.1 Å². The Bertz CT molecular complexity index is 628. The highest BCUT2D eigenvalue weighted by atomic mass is 14.9. The van der Waals surface area contributed by atoms with Crippen LogP contribution in [-0.2, 0) is 0 Å². The van der Waals surface area contributed by atoms with Crippen LogP contribution >= 0.6 is 0 Å². The van der Waals surface area contributed by atoms with Crippen LogP contribution in [0.15, 0.2) is 61.2 Å². The SMILES string of the molecule is c1ccc2[nH]cnc2c1.c1cnc2cc[nH]c2c1. The fraction of sp³-hybridized carbons (Fsp3) is 0. The number of imidazole rings is 1. The zero-order valence-electron chi connectivity index (χ0n) is 9.67. The number of fused-ring (bicyclic) bond motifs is 2. The largest absolute Gasteiger partial charge is 0.360 e. The smallest absolute Gasteiger partial charge is 0.0931 e. The normalized spacial score (nSPS) is 10.2. The van der Waals surface area contributed by atoms with Gasteiger partial charge in [-0.25, -0.2) is 4.98 Å². The van der Waals surface area contributed by atoms with Crippen molar-refractivity contribution in [3.8, 4) is 0 Å². The Morgan fingerprint density at radius 2 is 1.50 bits per heavy atom. The minimum atomic E-state index is 1.03. The molecule has 0 amide bonds. The van der Waals surface area contributed by atoms with E-state index in [0.29, 0.717) is 0 Å². The minimum Gasteiger partial charge on any atom is -0.360 e. The van der Waals surface area contributed by atoms with Crippen molar-refractivity contribution >= 4 is 22.1 Å². The zero-order valence-corrected chi connectivity index (χ0v) is 9.67. The van der Waals surface area contributed by atoms with E-state index in [1.165, 1.54) is 0 Å². The average Bonchev–Trinajstić information content (AvgIpc) is 3.08. The predicted molar refractivity (Wildman–Crippen MR) is 72.2 cm³/mol. The van der Waals surface area contributed by atoms with E-state index in [-0.39, 0.29) is 0 Å². The molecular weight excluding hydrogens is 224 g/mol. The van der Waals surface area contributed by atoms with Gasteiger partial charge in [-0.1, -0.05) is 12.1 Å². The van der Waals surface area contributed by atoms with Crippen molar-refractivity contribution in [1.29, 1.82) is 0 Å². The molecule has 0 bridgehead atoms. The van der Waals surface area contributed by atoms with Gasteiger partial charge in [-0.05, 0) is 30.3 Å². The number of para-hydroxylation sites is 2. The van der Waals surface area contributed by atoms with Crippen LogP contribution < -0.4 is 0 Å². The second-order valence-electron chi connectivity index (χ2n) is 3.83. The van der Waals surface area contributed by atoms with Gasteiger partial charge in [0, 0.05) is 12.4 Å². The van der Waals surface area contributed by atoms with Crippen LogP contribution in [0.1, 0.15) is 0 Å². The van der Waals surface area contributed by atoms with Gasteiger partial charge in [0.15, 0.2) is 0 Å². The van der Waals surface area contributed by atoms with Crippen LogP contribution in [0, 0.1) is 0 Å². The minimum absolute atomic E-state index is 1.03. The number of pyridine rings is 1. The molecule has 4 rings (SSSR count). The first-order valence-corrected chi connectivity index (χ1v) is 5.70. The average molecular weight is 236 g/mol. The lowest BCUT2D eigenvalue weighted by Crippen LogP contribution is -1.68. The van der Waals surface area contributed by atoms with Gasteiger partial charge in [0.05, 0.1) is 28.4 Å². The van der Waals surface area contributed by atoms with Crippen LogP contribution in [0.5, 0.6) is 0 Å². The second kappa shape index (κ2) is 4.71. The molecule has 0 aliphatic heterocycles. The number of aromatic amines is 2. The highest BCUT2D eigenvalue weighted by molar-refractivity contribution is 5.74. The Balaban J connectivity index is 0.000000111. The second-order valence-corrected chi connectivity index (χ2v) is 3.83. The van der Waals surface area contributed by atoms with Gasteiger partial charge in [-0.15, -0.1) is 0 Å². The number of benzene rings is 1. The maximum absolute atomic E-state index is 4.11. The molecule has 0 atom stereocenters. The molecular formula is C14H12N4. The van der Waals surface area contributed by atoms with Gasteiger partial charge >= 0.3 is 0 Å². The van der Waals surface area contributed by atoms with Gasteiger partial charge in [-0.3, -0.25) is 4.98 Å². The van der Waals surface area contributed by atoms with Crippen molar-refractivity contribution in [2.75, 3.05) is 0 Å². The van der Waals surface area contributed by atoms with Gasteiger partial charge in [-0.2, -0.15) is 0 Å². The van der Waals surface area contributed by atoms with E-state index in [9.17, 15) is 0 Å². The van der Waals surface area contributed by atoms with E-state index in [1.54, 1.807) is 12.5 Å². The number of rotatable bonds is 0. The molecule has 4 nitrogen and oxygen atoms in total. The Hall–Kier alpha value is -2.62. The standard InChI is InChI=1S/2C7H6N2/c1-2-6-7(8-4-1)3-5-9-6;1-2-4-7-6(3-1)8-5-9-7/h1-5,9H;1-5H,(H,8,9). The van der Waals surface area contributed by atoms with Crippen LogP contribution in [0.25, 0.3) is 22.1 Å². The number of aromatic nitrogens is 4. The molecule has 0 fully saturated rings. The lowest BCUT2D eigenvalue weighted by molar-refractivity contribution is 1.34. The van der Waals surface area contributed by atoms with E-state index in [1.807, 2.05) is 48.7 Å². The van der Waals surface area contributed by atoms with Crippen molar-refractivity contribution in [1.82, 2.24) is 19.9 Å². The molecule has 0 saturated heterocycles. The van der Waals surface area contributed by atoms with Crippen molar-refractivity contribution in [3.05, 3.63) is 61.2 Å². The molecule has 3 aromatic heterocycles. The summed E-state index contributed by atoms with van der Waals surface area (Å²) in [4.78, 5) is 14.2. The van der Waals surface area contributed by atoms with Crippen molar-refractivity contribution < 1.29 is 0 Å². The molecule has 3 heterocycles. The van der Waals surface area contributed by atoms with Gasteiger partial charge in [0.1, 0.15) is 0 Å². The number of nitrogens with one attached hydrogen (secondary N) is 2. The molecule has 0 aliphatic carbocycles. The monoisotopic (exact) mass is 236 g/mol. The van der Waals surface area contributed by atoms with Crippen molar-refractivity contribution in [3.63, 3.8) is 0 Å². The molecule has 0 radical (unpaired) electrons. The van der Waals surface area contributed by atoms with Crippen molar-refractivity contribution in [2.24, 2.45) is 0 Å². The zero-order chi connectivity index (χ0) is 12.2. The Morgan fingerprint density at radius 3 is 2.39 bits per heavy atom. The third-order valence-electron chi connectivity index (χ3n) is 2.65. The molecule has 18 heavy (non-hydrogen) atoms. The number of hydrogen-bond acceptors (Lipinski definition) is 2. The van der Waals surface area contributed by atoms with Crippen LogP contribution in [0.4, 0.5) is 0 Å². The van der Waals surface area contributed by atoms with E-state index < -0.39 is 0 Å². The molecule has 0 spiro atoms. The van der Waals surface area contributed by atoms with Crippen molar-refractivity contribution in [2.45, 2.75) is 0 Å². The van der Waals surface area contributed by atoms with Gasteiger partial charge in [0.25, 0.3) is 0 Å². The molecule has 2 N–H and O–H groups in total. The summed E-state index contributed by atoms with van der Waals surface area (Å²) >= 11 is 0. The van der Waals surface area contributed by atoms with E-state index in [4.69, 9.17) is 0 Å². The highest BCUT2D eigenvalue weighted by Gasteiger charge is 1.89. The van der Waals surface area contributed by atoms with E-state index in [2.05, 4.69) is 19.9 Å². The summed E-state index contributed by atoms with van der Waals surface area (Å²) in [6.45, 7) is 0. The summed E-state index contributed by atoms with van der Waals surface area (Å²) in [5.41, 5.74) is 4.24. The highest BCUT2D eigenvalue weighted by Crippen LogP contribution is 2.06. The summed E-state index contributed by atoms with van der Waals surface area (Å²) in [6, 6.07) is 13.8. The third kappa shape index (κ3) is 2.08. The summed E-state index contributed by atoms with van der Waals surface area (Å²) in [5, 5.41) is 0. The maximum atomic E-state index is 4.11. The molecule has 4 heteroatoms. The Labute approximate surface area is 104 Å². The first-order valence-electron chi connectivity index (χ1n) is 5.70. The number of nitrogens with zero attached hydrogens (tertiary/aromatic N) is 2. The third-order valence-corrected chi connectivity index (χ3v) is 2.65. The number of hydrogen-bond donors (Lipinski definition) is 2. The molecule has 0 aliphatic rings. The topological polar surface area (TPSA) is 57.4 Å². The first kappa shape index (κ1) is 10.5. The summed E-state index contributed by atoms with van der Waals surface area (Å²) < 4.78 is 0. The quantitative estimate of drug-likeness (QED) is 0.493. The predicted octanol–water partition coefficient (Wildman–Crippen LogP) is 3.13. The fourth-order valence-corrected chi connectivity index (χ4v) is 1.76. The summed E-state index contributed by atoms with van der Waals surface area (Å²) in [6.07, 6.45) is 5.37. The van der Waals surface area contributed by atoms with Gasteiger partial charge < -0.3 is 9.97 Å². The molecule has 0 saturated carbocycles. The fourth-order valence-electron chi connectivity index (χ4n) is 1.76. The molecule has 4 aromatic rings. The Kier molecular flexibility index (Phi) is 2.75. The van der Waals surface area contributed by atoms with Gasteiger partial charge in [0.2, 0.25) is 0 Å². The molecule has 1 aromatic carbocycles. The molecule has 0 unspecified atom stereocenters. The Morgan fingerprint density at radius 1 is 0.722 bits per heavy atom. The molecule has 88 valence electrons. The van der Waals surface area contributed by atoms with Crippen LogP contribution in [-0.4, -0.2) is 19.9 Å². The lowest BCUT2D eigenvalue weighted by atomic mass is 10.3. The maximum Gasteiger partial charge on any atom is 0.0931 e. The van der Waals surface area contributed by atoms with Crippen LogP contribution in [0.2, 0.25) is 0 Å². The summed E-state index contributed by atoms with van der Waals surface area (Å²) in [5.74, 6) is 0.